The molecular weight excluding hydrogens is 288 g/mol. The molecule has 0 saturated heterocycles. The Morgan fingerprint density at radius 2 is 1.95 bits per heavy atom. The van der Waals surface area contributed by atoms with Gasteiger partial charge in [-0.15, -0.1) is 0 Å². The molecule has 120 valence electrons. The molecule has 0 amide bonds. The van der Waals surface area contributed by atoms with Gasteiger partial charge in [0.25, 0.3) is 0 Å². The number of sulfonamides is 1. The van der Waals surface area contributed by atoms with E-state index in [4.69, 9.17) is 4.74 Å². The summed E-state index contributed by atoms with van der Waals surface area (Å²) in [5, 5.41) is 3.01. The second-order valence-corrected chi connectivity index (χ2v) is 7.43. The second kappa shape index (κ2) is 7.24. The van der Waals surface area contributed by atoms with Crippen LogP contribution in [0.15, 0.2) is 23.1 Å². The standard InChI is InChI=1S/C15H26N2O3S/c1-6-9-15(2,3)17-21(18,19)13-7-8-14(20-5)12(10-13)11-16-4/h7-8,10,16-17H,6,9,11H2,1-5H3. The number of ether oxygens (including phenoxy) is 1. The van der Waals surface area contributed by atoms with Crippen molar-refractivity contribution in [2.45, 2.75) is 50.6 Å². The predicted molar refractivity (Wildman–Crippen MR) is 85.1 cm³/mol. The van der Waals surface area contributed by atoms with Crippen molar-refractivity contribution >= 4 is 10.0 Å². The molecule has 0 spiro atoms. The summed E-state index contributed by atoms with van der Waals surface area (Å²) in [5.41, 5.74) is 0.354. The van der Waals surface area contributed by atoms with Crippen molar-refractivity contribution in [3.05, 3.63) is 23.8 Å². The summed E-state index contributed by atoms with van der Waals surface area (Å²) >= 11 is 0. The number of nitrogens with one attached hydrogen (secondary N) is 2. The van der Waals surface area contributed by atoms with Crippen LogP contribution in [0.25, 0.3) is 0 Å². The molecule has 6 heteroatoms. The third kappa shape index (κ3) is 4.98. The average Bonchev–Trinajstić information content (AvgIpc) is 2.37. The van der Waals surface area contributed by atoms with Crippen LogP contribution in [0.1, 0.15) is 39.2 Å². The lowest BCUT2D eigenvalue weighted by Gasteiger charge is -2.25. The maximum absolute atomic E-state index is 12.5. The first-order valence-corrected chi connectivity index (χ1v) is 8.59. The molecule has 21 heavy (non-hydrogen) atoms. The van der Waals surface area contributed by atoms with E-state index in [2.05, 4.69) is 10.0 Å². The normalized spacial score (nSPS) is 12.4. The molecule has 0 saturated carbocycles. The molecule has 1 rings (SSSR count). The molecule has 1 aromatic rings. The minimum absolute atomic E-state index is 0.262. The molecule has 0 aliphatic rings. The zero-order valence-corrected chi connectivity index (χ0v) is 14.3. The van der Waals surface area contributed by atoms with Gasteiger partial charge in [0.05, 0.1) is 12.0 Å². The molecule has 0 atom stereocenters. The van der Waals surface area contributed by atoms with Crippen molar-refractivity contribution in [2.75, 3.05) is 14.2 Å². The minimum atomic E-state index is -3.54. The van der Waals surface area contributed by atoms with Gasteiger partial charge in [0, 0.05) is 17.6 Å². The number of hydrogen-bond donors (Lipinski definition) is 2. The lowest BCUT2D eigenvalue weighted by Crippen LogP contribution is -2.43. The number of rotatable bonds is 8. The molecule has 0 fully saturated rings. The molecule has 0 aliphatic heterocycles. The summed E-state index contributed by atoms with van der Waals surface area (Å²) < 4.78 is 33.0. The third-order valence-electron chi connectivity index (χ3n) is 3.22. The Bertz CT molecular complexity index is 568. The first-order valence-electron chi connectivity index (χ1n) is 7.11. The highest BCUT2D eigenvalue weighted by Gasteiger charge is 2.25. The third-order valence-corrected chi connectivity index (χ3v) is 4.91. The first kappa shape index (κ1) is 17.9. The van der Waals surface area contributed by atoms with Crippen LogP contribution < -0.4 is 14.8 Å². The average molecular weight is 314 g/mol. The molecule has 2 N–H and O–H groups in total. The van der Waals surface area contributed by atoms with Gasteiger partial charge < -0.3 is 10.1 Å². The molecular formula is C15H26N2O3S. The highest BCUT2D eigenvalue weighted by molar-refractivity contribution is 7.89. The topological polar surface area (TPSA) is 67.4 Å². The first-order chi connectivity index (χ1) is 9.75. The van der Waals surface area contributed by atoms with Gasteiger partial charge in [0.1, 0.15) is 5.75 Å². The molecule has 0 aromatic heterocycles. The quantitative estimate of drug-likeness (QED) is 0.772. The lowest BCUT2D eigenvalue weighted by atomic mass is 10.0. The minimum Gasteiger partial charge on any atom is -0.496 e. The Hall–Kier alpha value is -1.11. The summed E-state index contributed by atoms with van der Waals surface area (Å²) in [5.74, 6) is 0.677. The van der Waals surface area contributed by atoms with Crippen LogP contribution in [0.4, 0.5) is 0 Å². The number of methoxy groups -OCH3 is 1. The predicted octanol–water partition coefficient (Wildman–Crippen LogP) is 2.27. The van der Waals surface area contributed by atoms with Gasteiger partial charge in [-0.25, -0.2) is 13.1 Å². The van der Waals surface area contributed by atoms with Gasteiger partial charge in [0.2, 0.25) is 10.0 Å². The fraction of sp³-hybridized carbons (Fsp3) is 0.600. The van der Waals surface area contributed by atoms with Crippen LogP contribution in [0.2, 0.25) is 0 Å². The maximum atomic E-state index is 12.5. The molecule has 0 heterocycles. The van der Waals surface area contributed by atoms with Gasteiger partial charge in [0.15, 0.2) is 0 Å². The van der Waals surface area contributed by atoms with Crippen LogP contribution in [0, 0.1) is 0 Å². The fourth-order valence-corrected chi connectivity index (χ4v) is 3.84. The zero-order valence-electron chi connectivity index (χ0n) is 13.5. The summed E-state index contributed by atoms with van der Waals surface area (Å²) in [4.78, 5) is 0.262. The Labute approximate surface area is 128 Å². The molecule has 0 radical (unpaired) electrons. The van der Waals surface area contributed by atoms with E-state index in [-0.39, 0.29) is 4.90 Å². The van der Waals surface area contributed by atoms with Gasteiger partial charge >= 0.3 is 0 Å². The summed E-state index contributed by atoms with van der Waals surface area (Å²) in [6.07, 6.45) is 1.70. The largest absolute Gasteiger partial charge is 0.496 e. The van der Waals surface area contributed by atoms with Gasteiger partial charge in [-0.05, 0) is 45.5 Å². The number of benzene rings is 1. The van der Waals surface area contributed by atoms with E-state index in [0.717, 1.165) is 18.4 Å². The van der Waals surface area contributed by atoms with Crippen molar-refractivity contribution in [1.29, 1.82) is 0 Å². The van der Waals surface area contributed by atoms with E-state index >= 15 is 0 Å². The molecule has 0 bridgehead atoms. The smallest absolute Gasteiger partial charge is 0.241 e. The van der Waals surface area contributed by atoms with E-state index < -0.39 is 15.6 Å². The Morgan fingerprint density at radius 1 is 1.29 bits per heavy atom. The number of hydrogen-bond acceptors (Lipinski definition) is 4. The molecule has 0 aliphatic carbocycles. The molecule has 0 unspecified atom stereocenters. The van der Waals surface area contributed by atoms with E-state index in [1.54, 1.807) is 25.3 Å². The van der Waals surface area contributed by atoms with E-state index in [0.29, 0.717) is 12.3 Å². The second-order valence-electron chi connectivity index (χ2n) is 5.74. The highest BCUT2D eigenvalue weighted by atomic mass is 32.2. The highest BCUT2D eigenvalue weighted by Crippen LogP contribution is 2.24. The van der Waals surface area contributed by atoms with E-state index in [9.17, 15) is 8.42 Å². The fourth-order valence-electron chi connectivity index (χ4n) is 2.35. The maximum Gasteiger partial charge on any atom is 0.241 e. The SMILES string of the molecule is CCCC(C)(C)NS(=O)(=O)c1ccc(OC)c(CNC)c1. The summed E-state index contributed by atoms with van der Waals surface area (Å²) in [6, 6.07) is 4.91. The van der Waals surface area contributed by atoms with Crippen LogP contribution in [-0.2, 0) is 16.6 Å². The van der Waals surface area contributed by atoms with Crippen molar-refractivity contribution in [1.82, 2.24) is 10.0 Å². The van der Waals surface area contributed by atoms with Crippen molar-refractivity contribution in [2.24, 2.45) is 0 Å². The van der Waals surface area contributed by atoms with Crippen LogP contribution in [-0.4, -0.2) is 28.1 Å². The van der Waals surface area contributed by atoms with Crippen LogP contribution in [0.5, 0.6) is 5.75 Å². The van der Waals surface area contributed by atoms with Gasteiger partial charge in [-0.2, -0.15) is 0 Å². The monoisotopic (exact) mass is 314 g/mol. The van der Waals surface area contributed by atoms with Crippen molar-refractivity contribution in [3.8, 4) is 5.75 Å². The van der Waals surface area contributed by atoms with E-state index in [1.807, 2.05) is 27.8 Å². The van der Waals surface area contributed by atoms with E-state index in [1.165, 1.54) is 0 Å². The molecule has 5 nitrogen and oxygen atoms in total. The lowest BCUT2D eigenvalue weighted by molar-refractivity contribution is 0.407. The summed E-state index contributed by atoms with van der Waals surface area (Å²) in [7, 11) is -0.156. The Kier molecular flexibility index (Phi) is 6.19. The van der Waals surface area contributed by atoms with Gasteiger partial charge in [-0.3, -0.25) is 0 Å². The van der Waals surface area contributed by atoms with Crippen molar-refractivity contribution in [3.63, 3.8) is 0 Å². The zero-order chi connectivity index (χ0) is 16.1. The Balaban J connectivity index is 3.11. The Morgan fingerprint density at radius 3 is 2.48 bits per heavy atom. The summed E-state index contributed by atoms with van der Waals surface area (Å²) in [6.45, 7) is 6.37. The van der Waals surface area contributed by atoms with Crippen LogP contribution in [0.3, 0.4) is 0 Å². The molecule has 1 aromatic carbocycles. The van der Waals surface area contributed by atoms with Crippen LogP contribution >= 0.6 is 0 Å². The van der Waals surface area contributed by atoms with Crippen molar-refractivity contribution < 1.29 is 13.2 Å². The van der Waals surface area contributed by atoms with Gasteiger partial charge in [-0.1, -0.05) is 13.3 Å².